The summed E-state index contributed by atoms with van der Waals surface area (Å²) >= 11 is 9.20. The molecule has 1 aromatic heterocycles. The van der Waals surface area contributed by atoms with Crippen molar-refractivity contribution < 1.29 is 4.57 Å². The van der Waals surface area contributed by atoms with Gasteiger partial charge in [0.05, 0.1) is 17.8 Å². The molecule has 1 atom stereocenters. The van der Waals surface area contributed by atoms with Gasteiger partial charge in [-0.3, -0.25) is 0 Å². The molecule has 0 radical (unpaired) electrons. The number of nitrogens with zero attached hydrogens (tertiary/aromatic N) is 2. The van der Waals surface area contributed by atoms with Crippen LogP contribution in [0.5, 0.6) is 0 Å². The first-order chi connectivity index (χ1) is 10.2. The lowest BCUT2D eigenvalue weighted by molar-refractivity contribution is 0.579. The van der Waals surface area contributed by atoms with Crippen LogP contribution in [0.4, 0.5) is 5.82 Å². The van der Waals surface area contributed by atoms with E-state index in [1.807, 2.05) is 20.3 Å². The maximum absolute atomic E-state index is 11.9. The number of rotatable bonds is 8. The van der Waals surface area contributed by atoms with Crippen LogP contribution < -0.4 is 10.6 Å². The fraction of sp³-hybridized carbons (Fsp3) is 0.571. The molecule has 0 aliphatic rings. The molecule has 124 valence electrons. The topological polar surface area (TPSA) is 66.9 Å². The van der Waals surface area contributed by atoms with Crippen LogP contribution in [0.15, 0.2) is 22.4 Å². The van der Waals surface area contributed by atoms with E-state index in [2.05, 4.69) is 49.5 Å². The van der Waals surface area contributed by atoms with E-state index in [1.165, 1.54) is 0 Å². The zero-order chi connectivity index (χ0) is 16.8. The summed E-state index contributed by atoms with van der Waals surface area (Å²) < 4.78 is 12.6. The second-order valence-corrected chi connectivity index (χ2v) is 10.3. The first-order valence-electron chi connectivity index (χ1n) is 7.15. The van der Waals surface area contributed by atoms with Gasteiger partial charge in [-0.15, -0.1) is 0 Å². The van der Waals surface area contributed by atoms with Crippen LogP contribution in [0.3, 0.4) is 0 Å². The zero-order valence-corrected chi connectivity index (χ0v) is 16.6. The molecule has 0 fully saturated rings. The maximum atomic E-state index is 11.9. The molecular formula is C14H23BrClN4OP. The smallest absolute Gasteiger partial charge is 0.224 e. The summed E-state index contributed by atoms with van der Waals surface area (Å²) in [4.78, 5) is 8.04. The van der Waals surface area contributed by atoms with E-state index in [1.54, 1.807) is 6.20 Å². The highest BCUT2D eigenvalue weighted by Gasteiger charge is 2.12. The van der Waals surface area contributed by atoms with Crippen molar-refractivity contribution in [3.05, 3.63) is 27.7 Å². The third-order valence-electron chi connectivity index (χ3n) is 2.84. The van der Waals surface area contributed by atoms with Crippen LogP contribution in [0.1, 0.15) is 26.7 Å². The van der Waals surface area contributed by atoms with Gasteiger partial charge in [-0.2, -0.15) is 4.98 Å². The van der Waals surface area contributed by atoms with Crippen molar-refractivity contribution in [1.29, 1.82) is 0 Å². The molecule has 1 aromatic rings. The lowest BCUT2D eigenvalue weighted by atomic mass is 10.2. The minimum absolute atomic E-state index is 0.0480. The highest BCUT2D eigenvalue weighted by atomic mass is 79.9. The highest BCUT2D eigenvalue weighted by molar-refractivity contribution is 9.10. The van der Waals surface area contributed by atoms with Crippen LogP contribution in [0.25, 0.3) is 0 Å². The largest absolute Gasteiger partial charge is 0.369 e. The van der Waals surface area contributed by atoms with E-state index >= 15 is 0 Å². The Morgan fingerprint density at radius 3 is 2.82 bits per heavy atom. The Hall–Kier alpha value is -0.580. The molecule has 1 heterocycles. The van der Waals surface area contributed by atoms with E-state index < -0.39 is 7.14 Å². The van der Waals surface area contributed by atoms with Crippen molar-refractivity contribution in [3.63, 3.8) is 0 Å². The molecule has 0 amide bonds. The zero-order valence-electron chi connectivity index (χ0n) is 13.4. The standard InChI is InChI=1S/C14H23BrClN4OP/c1-5-6-11(7-8-22(3,4)21)18-10(2)19-13-12(15)9-17-14(16)20-13/h6,9-10,18H,5,7-8H2,1-4H3,(H,17,19,20)/b11-6+. The Labute approximate surface area is 145 Å². The van der Waals surface area contributed by atoms with Crippen LogP contribution in [0.2, 0.25) is 5.28 Å². The van der Waals surface area contributed by atoms with E-state index in [4.69, 9.17) is 11.6 Å². The van der Waals surface area contributed by atoms with Crippen molar-refractivity contribution in [2.45, 2.75) is 32.9 Å². The van der Waals surface area contributed by atoms with Crippen LogP contribution >= 0.6 is 34.7 Å². The van der Waals surface area contributed by atoms with Gasteiger partial charge in [-0.25, -0.2) is 4.98 Å². The number of anilines is 1. The second kappa shape index (κ2) is 8.90. The lowest BCUT2D eigenvalue weighted by Crippen LogP contribution is -2.33. The Kier molecular flexibility index (Phi) is 7.87. The molecule has 0 aromatic carbocycles. The maximum Gasteiger partial charge on any atom is 0.224 e. The monoisotopic (exact) mass is 408 g/mol. The van der Waals surface area contributed by atoms with Crippen LogP contribution in [-0.2, 0) is 4.57 Å². The van der Waals surface area contributed by atoms with E-state index in [0.29, 0.717) is 12.0 Å². The Bertz CT molecular complexity index is 576. The summed E-state index contributed by atoms with van der Waals surface area (Å²) in [6, 6.07) is 0. The normalized spacial score (nSPS) is 13.8. The first kappa shape index (κ1) is 19.5. The van der Waals surface area contributed by atoms with Gasteiger partial charge in [0.25, 0.3) is 0 Å². The average Bonchev–Trinajstić information content (AvgIpc) is 2.39. The predicted octanol–water partition coefficient (Wildman–Crippen LogP) is 4.55. The van der Waals surface area contributed by atoms with Gasteiger partial charge in [0.2, 0.25) is 5.28 Å². The quantitative estimate of drug-likeness (QED) is 0.375. The fourth-order valence-electron chi connectivity index (χ4n) is 1.84. The SMILES string of the molecule is CC/C=C(\CCP(C)(C)=O)NC(C)Nc1nc(Cl)ncc1Br. The van der Waals surface area contributed by atoms with Gasteiger partial charge in [0, 0.05) is 18.1 Å². The van der Waals surface area contributed by atoms with Crippen LogP contribution in [0, 0.1) is 0 Å². The van der Waals surface area contributed by atoms with Crippen molar-refractivity contribution in [2.75, 3.05) is 24.8 Å². The van der Waals surface area contributed by atoms with E-state index in [0.717, 1.165) is 23.0 Å². The van der Waals surface area contributed by atoms with Crippen LogP contribution in [-0.4, -0.2) is 35.6 Å². The van der Waals surface area contributed by atoms with Gasteiger partial charge >= 0.3 is 0 Å². The van der Waals surface area contributed by atoms with Gasteiger partial charge in [-0.05, 0) is 60.6 Å². The number of aromatic nitrogens is 2. The van der Waals surface area contributed by atoms with Gasteiger partial charge < -0.3 is 15.2 Å². The number of halogens is 2. The average molecular weight is 410 g/mol. The number of hydrogen-bond acceptors (Lipinski definition) is 5. The Morgan fingerprint density at radius 2 is 2.23 bits per heavy atom. The minimum atomic E-state index is -2.01. The first-order valence-corrected chi connectivity index (χ1v) is 11.1. The molecule has 0 aliphatic carbocycles. The number of nitrogens with one attached hydrogen (secondary N) is 2. The van der Waals surface area contributed by atoms with Crippen molar-refractivity contribution in [2.24, 2.45) is 0 Å². The molecule has 1 rings (SSSR count). The van der Waals surface area contributed by atoms with E-state index in [-0.39, 0.29) is 11.4 Å². The Balaban J connectivity index is 2.67. The lowest BCUT2D eigenvalue weighted by Gasteiger charge is -2.21. The van der Waals surface area contributed by atoms with Gasteiger partial charge in [-0.1, -0.05) is 13.0 Å². The summed E-state index contributed by atoms with van der Waals surface area (Å²) in [7, 11) is -2.01. The van der Waals surface area contributed by atoms with Crippen molar-refractivity contribution >= 4 is 40.5 Å². The van der Waals surface area contributed by atoms with Gasteiger partial charge in [0.15, 0.2) is 0 Å². The second-order valence-electron chi connectivity index (χ2n) is 5.53. The summed E-state index contributed by atoms with van der Waals surface area (Å²) in [5.74, 6) is 0.632. The molecular weight excluding hydrogens is 387 g/mol. The molecule has 0 spiro atoms. The molecule has 0 aliphatic heterocycles. The minimum Gasteiger partial charge on any atom is -0.369 e. The molecule has 22 heavy (non-hydrogen) atoms. The molecule has 0 bridgehead atoms. The Morgan fingerprint density at radius 1 is 1.55 bits per heavy atom. The molecule has 0 saturated heterocycles. The molecule has 0 saturated carbocycles. The number of hydrogen-bond donors (Lipinski definition) is 2. The molecule has 8 heteroatoms. The summed E-state index contributed by atoms with van der Waals surface area (Å²) in [5.41, 5.74) is 1.09. The summed E-state index contributed by atoms with van der Waals surface area (Å²) in [6.45, 7) is 7.71. The molecule has 5 nitrogen and oxygen atoms in total. The number of allylic oxidation sites excluding steroid dienone is 2. The van der Waals surface area contributed by atoms with Crippen molar-refractivity contribution in [3.8, 4) is 0 Å². The summed E-state index contributed by atoms with van der Waals surface area (Å²) in [6.07, 6.45) is 6.08. The van der Waals surface area contributed by atoms with Gasteiger partial charge in [0.1, 0.15) is 5.82 Å². The van der Waals surface area contributed by atoms with E-state index in [9.17, 15) is 4.57 Å². The molecule has 1 unspecified atom stereocenters. The predicted molar refractivity (Wildman–Crippen MR) is 98.3 cm³/mol. The van der Waals surface area contributed by atoms with Crippen molar-refractivity contribution in [1.82, 2.24) is 15.3 Å². The third-order valence-corrected chi connectivity index (χ3v) is 4.90. The summed E-state index contributed by atoms with van der Waals surface area (Å²) in [5, 5.41) is 6.82. The highest BCUT2D eigenvalue weighted by Crippen LogP contribution is 2.37. The fourth-order valence-corrected chi connectivity index (χ4v) is 3.05. The molecule has 2 N–H and O–H groups in total. The third kappa shape index (κ3) is 7.61.